The van der Waals surface area contributed by atoms with Crippen LogP contribution < -0.4 is 5.32 Å². The summed E-state index contributed by atoms with van der Waals surface area (Å²) >= 11 is 0. The summed E-state index contributed by atoms with van der Waals surface area (Å²) in [5.41, 5.74) is 4.23. The average molecular weight is 361 g/mol. The molecule has 2 heterocycles. The van der Waals surface area contributed by atoms with Crippen molar-refractivity contribution >= 4 is 22.5 Å². The van der Waals surface area contributed by atoms with Gasteiger partial charge in [0.15, 0.2) is 0 Å². The summed E-state index contributed by atoms with van der Waals surface area (Å²) in [5.74, 6) is 0.288. The van der Waals surface area contributed by atoms with Crippen molar-refractivity contribution in [3.63, 3.8) is 0 Å². The number of H-pyrrole nitrogens is 1. The molecule has 0 unspecified atom stereocenters. The van der Waals surface area contributed by atoms with Crippen LogP contribution in [0.3, 0.4) is 0 Å². The summed E-state index contributed by atoms with van der Waals surface area (Å²) < 4.78 is 0. The molecule has 0 radical (unpaired) electrons. The number of aromatic nitrogens is 1. The molecule has 1 aliphatic rings. The van der Waals surface area contributed by atoms with Crippen LogP contribution in [-0.2, 0) is 4.79 Å². The third-order valence-corrected chi connectivity index (χ3v) is 5.49. The zero-order valence-corrected chi connectivity index (χ0v) is 15.9. The number of amides is 1. The smallest absolute Gasteiger partial charge is 0.227 e. The van der Waals surface area contributed by atoms with Gasteiger partial charge in [-0.15, -0.1) is 0 Å². The van der Waals surface area contributed by atoms with E-state index in [9.17, 15) is 4.79 Å². The van der Waals surface area contributed by atoms with E-state index in [4.69, 9.17) is 0 Å². The highest BCUT2D eigenvalue weighted by molar-refractivity contribution is 5.93. The molecule has 1 saturated heterocycles. The average Bonchev–Trinajstić information content (AvgIpc) is 3.13. The number of carbonyl (C=O) groups excluding carboxylic acids is 1. The molecule has 4 rings (SSSR count). The van der Waals surface area contributed by atoms with E-state index in [1.165, 1.54) is 11.8 Å². The van der Waals surface area contributed by atoms with Crippen molar-refractivity contribution in [1.82, 2.24) is 9.88 Å². The lowest BCUT2D eigenvalue weighted by Crippen LogP contribution is -2.38. The van der Waals surface area contributed by atoms with Gasteiger partial charge in [0, 0.05) is 28.2 Å². The summed E-state index contributed by atoms with van der Waals surface area (Å²) in [6.07, 6.45) is 3.09. The Morgan fingerprint density at radius 3 is 2.56 bits per heavy atom. The van der Waals surface area contributed by atoms with Gasteiger partial charge in [-0.2, -0.15) is 0 Å². The van der Waals surface area contributed by atoms with Crippen molar-refractivity contribution in [2.45, 2.75) is 26.2 Å². The van der Waals surface area contributed by atoms with Gasteiger partial charge in [0.05, 0.1) is 0 Å². The van der Waals surface area contributed by atoms with Crippen LogP contribution in [-0.4, -0.2) is 35.4 Å². The van der Waals surface area contributed by atoms with Crippen LogP contribution in [0.2, 0.25) is 0 Å². The number of nitrogens with zero attached hydrogens (tertiary/aromatic N) is 1. The number of carbonyl (C=O) groups is 1. The van der Waals surface area contributed by atoms with Crippen LogP contribution in [0.1, 0.15) is 26.2 Å². The highest BCUT2D eigenvalue weighted by Gasteiger charge is 2.24. The number of piperidine rings is 1. The Kier molecular flexibility index (Phi) is 5.26. The van der Waals surface area contributed by atoms with Gasteiger partial charge in [0.1, 0.15) is 0 Å². The number of anilines is 1. The Bertz CT molecular complexity index is 872. The van der Waals surface area contributed by atoms with Crippen molar-refractivity contribution < 1.29 is 4.79 Å². The molecule has 0 aliphatic carbocycles. The minimum Gasteiger partial charge on any atom is -0.355 e. The molecule has 1 aliphatic heterocycles. The molecule has 140 valence electrons. The van der Waals surface area contributed by atoms with Crippen molar-refractivity contribution in [2.24, 2.45) is 5.92 Å². The molecule has 1 aromatic heterocycles. The van der Waals surface area contributed by atoms with E-state index in [0.717, 1.165) is 54.9 Å². The fraction of sp³-hybridized carbons (Fsp3) is 0.348. The molecule has 0 saturated carbocycles. The first kappa shape index (κ1) is 17.8. The second-order valence-electron chi connectivity index (χ2n) is 7.45. The monoisotopic (exact) mass is 361 g/mol. The fourth-order valence-electron chi connectivity index (χ4n) is 3.94. The first-order chi connectivity index (χ1) is 13.2. The Hall–Kier alpha value is -2.59. The highest BCUT2D eigenvalue weighted by Crippen LogP contribution is 2.26. The third kappa shape index (κ3) is 4.06. The number of hydrogen-bond acceptors (Lipinski definition) is 2. The zero-order chi connectivity index (χ0) is 18.6. The summed E-state index contributed by atoms with van der Waals surface area (Å²) in [6.45, 7) is 5.42. The van der Waals surface area contributed by atoms with E-state index >= 15 is 0 Å². The minimum atomic E-state index is 0.131. The second kappa shape index (κ2) is 7.97. The van der Waals surface area contributed by atoms with E-state index < -0.39 is 0 Å². The minimum absolute atomic E-state index is 0.131. The SMILES string of the molecule is CCCN1CCC(C(=O)Nc2ccc(-c3cc4ccccc4[nH]3)cc2)CC1. The molecule has 1 fully saturated rings. The predicted molar refractivity (Wildman–Crippen MR) is 112 cm³/mol. The topological polar surface area (TPSA) is 48.1 Å². The number of aromatic amines is 1. The maximum atomic E-state index is 12.6. The van der Waals surface area contributed by atoms with E-state index in [1.807, 2.05) is 24.3 Å². The van der Waals surface area contributed by atoms with Gasteiger partial charge in [-0.1, -0.05) is 37.3 Å². The van der Waals surface area contributed by atoms with Crippen LogP contribution >= 0.6 is 0 Å². The molecule has 0 spiro atoms. The highest BCUT2D eigenvalue weighted by atomic mass is 16.1. The first-order valence-corrected chi connectivity index (χ1v) is 9.94. The third-order valence-electron chi connectivity index (χ3n) is 5.49. The Labute approximate surface area is 160 Å². The summed E-state index contributed by atoms with van der Waals surface area (Å²) in [4.78, 5) is 18.5. The molecular formula is C23H27N3O. The number of fused-ring (bicyclic) bond motifs is 1. The van der Waals surface area contributed by atoms with E-state index in [2.05, 4.69) is 52.5 Å². The first-order valence-electron chi connectivity index (χ1n) is 9.94. The zero-order valence-electron chi connectivity index (χ0n) is 15.9. The maximum absolute atomic E-state index is 12.6. The molecule has 0 atom stereocenters. The molecule has 2 aromatic carbocycles. The molecule has 3 aromatic rings. The standard InChI is InChI=1S/C23H27N3O/c1-2-13-26-14-11-18(12-15-26)23(27)24-20-9-7-17(8-10-20)22-16-19-5-3-4-6-21(19)25-22/h3-10,16,18,25H,2,11-15H2,1H3,(H,24,27). The molecule has 4 nitrogen and oxygen atoms in total. The predicted octanol–water partition coefficient (Wildman–Crippen LogP) is 4.90. The lowest BCUT2D eigenvalue weighted by Gasteiger charge is -2.30. The number of likely N-dealkylation sites (tertiary alicyclic amines) is 1. The van der Waals surface area contributed by atoms with Gasteiger partial charge in [0.25, 0.3) is 0 Å². The van der Waals surface area contributed by atoms with Gasteiger partial charge in [-0.25, -0.2) is 0 Å². The Morgan fingerprint density at radius 1 is 1.11 bits per heavy atom. The number of rotatable bonds is 5. The molecule has 1 amide bonds. The molecule has 0 bridgehead atoms. The van der Waals surface area contributed by atoms with Gasteiger partial charge in [0.2, 0.25) is 5.91 Å². The molecule has 27 heavy (non-hydrogen) atoms. The van der Waals surface area contributed by atoms with E-state index in [1.54, 1.807) is 0 Å². The van der Waals surface area contributed by atoms with Gasteiger partial charge < -0.3 is 15.2 Å². The molecular weight excluding hydrogens is 334 g/mol. The lowest BCUT2D eigenvalue weighted by atomic mass is 9.95. The van der Waals surface area contributed by atoms with E-state index in [-0.39, 0.29) is 11.8 Å². The van der Waals surface area contributed by atoms with Crippen molar-refractivity contribution in [1.29, 1.82) is 0 Å². The number of hydrogen-bond donors (Lipinski definition) is 2. The molecule has 4 heteroatoms. The van der Waals surface area contributed by atoms with Gasteiger partial charge in [-0.3, -0.25) is 4.79 Å². The van der Waals surface area contributed by atoms with Crippen LogP contribution in [0, 0.1) is 5.92 Å². The summed E-state index contributed by atoms with van der Waals surface area (Å²) in [7, 11) is 0. The Morgan fingerprint density at radius 2 is 1.85 bits per heavy atom. The quantitative estimate of drug-likeness (QED) is 0.679. The van der Waals surface area contributed by atoms with Gasteiger partial charge >= 0.3 is 0 Å². The van der Waals surface area contributed by atoms with Crippen molar-refractivity contribution in [2.75, 3.05) is 25.0 Å². The lowest BCUT2D eigenvalue weighted by molar-refractivity contribution is -0.121. The van der Waals surface area contributed by atoms with E-state index in [0.29, 0.717) is 0 Å². The van der Waals surface area contributed by atoms with Crippen LogP contribution in [0.4, 0.5) is 5.69 Å². The second-order valence-corrected chi connectivity index (χ2v) is 7.45. The van der Waals surface area contributed by atoms with Gasteiger partial charge in [-0.05, 0) is 68.7 Å². The van der Waals surface area contributed by atoms with Crippen LogP contribution in [0.5, 0.6) is 0 Å². The van der Waals surface area contributed by atoms with Crippen molar-refractivity contribution in [3.8, 4) is 11.3 Å². The van der Waals surface area contributed by atoms with Crippen LogP contribution in [0.15, 0.2) is 54.6 Å². The number of nitrogens with one attached hydrogen (secondary N) is 2. The Balaban J connectivity index is 1.38. The van der Waals surface area contributed by atoms with Crippen molar-refractivity contribution in [3.05, 3.63) is 54.6 Å². The maximum Gasteiger partial charge on any atom is 0.227 e. The number of para-hydroxylation sites is 1. The normalized spacial score (nSPS) is 15.9. The summed E-state index contributed by atoms with van der Waals surface area (Å²) in [5, 5.41) is 4.30. The largest absolute Gasteiger partial charge is 0.355 e. The molecule has 2 N–H and O–H groups in total. The van der Waals surface area contributed by atoms with Crippen LogP contribution in [0.25, 0.3) is 22.2 Å². The number of benzene rings is 2. The fourth-order valence-corrected chi connectivity index (χ4v) is 3.94. The summed E-state index contributed by atoms with van der Waals surface area (Å²) in [6, 6.07) is 18.5.